The number of methoxy groups -OCH3 is 1. The Morgan fingerprint density at radius 1 is 1.36 bits per heavy atom. The molecule has 0 bridgehead atoms. The molecule has 6 heteroatoms. The van der Waals surface area contributed by atoms with E-state index in [4.69, 9.17) is 4.74 Å². The van der Waals surface area contributed by atoms with Crippen molar-refractivity contribution < 1.29 is 19.4 Å². The summed E-state index contributed by atoms with van der Waals surface area (Å²) in [5.74, 6) is -0.0896. The molecule has 1 unspecified atom stereocenters. The molecule has 0 heterocycles. The fourth-order valence-electron chi connectivity index (χ4n) is 2.09. The first-order chi connectivity index (χ1) is 10.6. The van der Waals surface area contributed by atoms with E-state index in [0.717, 1.165) is 17.7 Å². The van der Waals surface area contributed by atoms with E-state index in [0.29, 0.717) is 18.6 Å². The highest BCUT2D eigenvalue weighted by Gasteiger charge is 2.20. The summed E-state index contributed by atoms with van der Waals surface area (Å²) in [5.41, 5.74) is 0.828. The summed E-state index contributed by atoms with van der Waals surface area (Å²) < 4.78 is 5.23. The largest absolute Gasteiger partial charge is 0.496 e. The standard InChI is InChI=1S/C16H23NO4S/c1-21-14-7-4-3-6-12(14)10-13(16(19)20)11-17-15(18)8-5-9-22-2/h3-4,6-7,13H,5,8-11H2,1-2H3,(H,17,18)(H,19,20). The van der Waals surface area contributed by atoms with Gasteiger partial charge in [-0.3, -0.25) is 9.59 Å². The Labute approximate surface area is 135 Å². The minimum Gasteiger partial charge on any atom is -0.496 e. The lowest BCUT2D eigenvalue weighted by Gasteiger charge is -2.15. The number of thioether (sulfide) groups is 1. The summed E-state index contributed by atoms with van der Waals surface area (Å²) in [6, 6.07) is 7.33. The first-order valence-corrected chi connectivity index (χ1v) is 8.58. The number of carbonyl (C=O) groups excluding carboxylic acids is 1. The molecule has 0 aliphatic carbocycles. The second-order valence-electron chi connectivity index (χ2n) is 4.95. The van der Waals surface area contributed by atoms with Crippen LogP contribution in [-0.2, 0) is 16.0 Å². The van der Waals surface area contributed by atoms with Crippen LogP contribution < -0.4 is 10.1 Å². The zero-order valence-electron chi connectivity index (χ0n) is 13.0. The highest BCUT2D eigenvalue weighted by atomic mass is 32.2. The molecule has 22 heavy (non-hydrogen) atoms. The van der Waals surface area contributed by atoms with Gasteiger partial charge in [-0.2, -0.15) is 11.8 Å². The first kappa shape index (κ1) is 18.4. The molecule has 1 amide bonds. The van der Waals surface area contributed by atoms with Gasteiger partial charge in [0.2, 0.25) is 5.91 Å². The van der Waals surface area contributed by atoms with Crippen LogP contribution >= 0.6 is 11.8 Å². The van der Waals surface area contributed by atoms with Crippen LogP contribution in [0.1, 0.15) is 18.4 Å². The number of carboxylic acid groups (broad SMARTS) is 1. The zero-order chi connectivity index (χ0) is 16.4. The van der Waals surface area contributed by atoms with Gasteiger partial charge in [-0.25, -0.2) is 0 Å². The highest BCUT2D eigenvalue weighted by molar-refractivity contribution is 7.98. The van der Waals surface area contributed by atoms with Gasteiger partial charge in [0.25, 0.3) is 0 Å². The lowest BCUT2D eigenvalue weighted by Crippen LogP contribution is -2.34. The van der Waals surface area contributed by atoms with Crippen molar-refractivity contribution >= 4 is 23.6 Å². The third-order valence-corrected chi connectivity index (χ3v) is 4.00. The van der Waals surface area contributed by atoms with Gasteiger partial charge in [0.05, 0.1) is 13.0 Å². The Hall–Kier alpha value is -1.69. The molecule has 0 fully saturated rings. The van der Waals surface area contributed by atoms with Crippen LogP contribution in [0.25, 0.3) is 0 Å². The fraction of sp³-hybridized carbons (Fsp3) is 0.500. The smallest absolute Gasteiger partial charge is 0.308 e. The Balaban J connectivity index is 2.55. The van der Waals surface area contributed by atoms with Crippen molar-refractivity contribution in [3.63, 3.8) is 0 Å². The van der Waals surface area contributed by atoms with Gasteiger partial charge in [-0.15, -0.1) is 0 Å². The van der Waals surface area contributed by atoms with Crippen LogP contribution in [0.4, 0.5) is 0 Å². The van der Waals surface area contributed by atoms with E-state index in [1.807, 2.05) is 24.5 Å². The van der Waals surface area contributed by atoms with Crippen molar-refractivity contribution in [3.05, 3.63) is 29.8 Å². The molecule has 122 valence electrons. The van der Waals surface area contributed by atoms with E-state index in [9.17, 15) is 14.7 Å². The summed E-state index contributed by atoms with van der Waals surface area (Å²) in [7, 11) is 1.56. The monoisotopic (exact) mass is 325 g/mol. The summed E-state index contributed by atoms with van der Waals surface area (Å²) in [5, 5.41) is 12.0. The predicted molar refractivity (Wildman–Crippen MR) is 88.4 cm³/mol. The molecule has 0 saturated heterocycles. The van der Waals surface area contributed by atoms with E-state index in [-0.39, 0.29) is 12.5 Å². The van der Waals surface area contributed by atoms with E-state index in [2.05, 4.69) is 5.32 Å². The van der Waals surface area contributed by atoms with Crippen LogP contribution in [0.15, 0.2) is 24.3 Å². The van der Waals surface area contributed by atoms with Crippen molar-refractivity contribution in [1.82, 2.24) is 5.32 Å². The normalized spacial score (nSPS) is 11.7. The van der Waals surface area contributed by atoms with Gasteiger partial charge < -0.3 is 15.2 Å². The molecule has 1 aromatic rings. The van der Waals surface area contributed by atoms with Crippen molar-refractivity contribution in [2.24, 2.45) is 5.92 Å². The Morgan fingerprint density at radius 3 is 2.73 bits per heavy atom. The van der Waals surface area contributed by atoms with Gasteiger partial charge in [0, 0.05) is 13.0 Å². The molecule has 0 spiro atoms. The third kappa shape index (κ3) is 6.39. The maximum Gasteiger partial charge on any atom is 0.308 e. The number of hydrogen-bond donors (Lipinski definition) is 2. The molecule has 2 N–H and O–H groups in total. The Morgan fingerprint density at radius 2 is 2.09 bits per heavy atom. The number of benzene rings is 1. The number of amides is 1. The van der Waals surface area contributed by atoms with Crippen LogP contribution in [0, 0.1) is 5.92 Å². The minimum atomic E-state index is -0.921. The number of para-hydroxylation sites is 1. The minimum absolute atomic E-state index is 0.0969. The number of ether oxygens (including phenoxy) is 1. The van der Waals surface area contributed by atoms with Gasteiger partial charge in [0.15, 0.2) is 0 Å². The number of aliphatic carboxylic acids is 1. The van der Waals surface area contributed by atoms with E-state index < -0.39 is 11.9 Å². The maximum absolute atomic E-state index is 11.7. The average Bonchev–Trinajstić information content (AvgIpc) is 2.51. The molecule has 1 aromatic carbocycles. The zero-order valence-corrected chi connectivity index (χ0v) is 13.8. The van der Waals surface area contributed by atoms with Gasteiger partial charge in [-0.1, -0.05) is 18.2 Å². The number of carbonyl (C=O) groups is 2. The van der Waals surface area contributed by atoms with Crippen LogP contribution in [0.3, 0.4) is 0 Å². The fourth-order valence-corrected chi connectivity index (χ4v) is 2.52. The van der Waals surface area contributed by atoms with Crippen molar-refractivity contribution in [2.45, 2.75) is 19.3 Å². The molecular formula is C16H23NO4S. The van der Waals surface area contributed by atoms with Crippen LogP contribution in [0.2, 0.25) is 0 Å². The summed E-state index contributed by atoms with van der Waals surface area (Å²) in [4.78, 5) is 23.1. The average molecular weight is 325 g/mol. The van der Waals surface area contributed by atoms with E-state index in [1.54, 1.807) is 24.9 Å². The Bertz CT molecular complexity index is 493. The molecule has 0 aliphatic heterocycles. The van der Waals surface area contributed by atoms with Crippen molar-refractivity contribution in [1.29, 1.82) is 0 Å². The molecular weight excluding hydrogens is 302 g/mol. The maximum atomic E-state index is 11.7. The van der Waals surface area contributed by atoms with Crippen molar-refractivity contribution in [2.75, 3.05) is 25.7 Å². The summed E-state index contributed by atoms with van der Waals surface area (Å²) in [6.07, 6.45) is 3.55. The highest BCUT2D eigenvalue weighted by Crippen LogP contribution is 2.21. The van der Waals surface area contributed by atoms with Gasteiger partial charge in [0.1, 0.15) is 5.75 Å². The van der Waals surface area contributed by atoms with Crippen LogP contribution in [-0.4, -0.2) is 42.6 Å². The molecule has 0 aromatic heterocycles. The summed E-state index contributed by atoms with van der Waals surface area (Å²) >= 11 is 1.69. The lowest BCUT2D eigenvalue weighted by molar-refractivity contribution is -0.141. The van der Waals surface area contributed by atoms with Crippen LogP contribution in [0.5, 0.6) is 5.75 Å². The summed E-state index contributed by atoms with van der Waals surface area (Å²) in [6.45, 7) is 0.130. The lowest BCUT2D eigenvalue weighted by atomic mass is 9.98. The number of rotatable bonds is 10. The van der Waals surface area contributed by atoms with Gasteiger partial charge in [-0.05, 0) is 36.5 Å². The number of hydrogen-bond acceptors (Lipinski definition) is 4. The quantitative estimate of drug-likeness (QED) is 0.645. The number of nitrogens with one attached hydrogen (secondary N) is 1. The second kappa shape index (κ2) is 10.1. The Kier molecular flexibility index (Phi) is 8.43. The first-order valence-electron chi connectivity index (χ1n) is 7.18. The van der Waals surface area contributed by atoms with Crippen molar-refractivity contribution in [3.8, 4) is 5.75 Å². The predicted octanol–water partition coefficient (Wildman–Crippen LogP) is 2.20. The van der Waals surface area contributed by atoms with E-state index >= 15 is 0 Å². The molecule has 0 radical (unpaired) electrons. The second-order valence-corrected chi connectivity index (χ2v) is 5.94. The number of carboxylic acids is 1. The molecule has 0 saturated carbocycles. The molecule has 0 aliphatic rings. The SMILES string of the molecule is COc1ccccc1CC(CNC(=O)CCCSC)C(=O)O. The van der Waals surface area contributed by atoms with E-state index in [1.165, 1.54) is 0 Å². The molecule has 1 atom stereocenters. The molecule has 5 nitrogen and oxygen atoms in total. The molecule has 1 rings (SSSR count). The topological polar surface area (TPSA) is 75.6 Å². The van der Waals surface area contributed by atoms with Gasteiger partial charge >= 0.3 is 5.97 Å². The third-order valence-electron chi connectivity index (χ3n) is 3.31.